The van der Waals surface area contributed by atoms with Crippen molar-refractivity contribution in [3.8, 4) is 5.75 Å². The molecule has 1 atom stereocenters. The first kappa shape index (κ1) is 31.7. The van der Waals surface area contributed by atoms with Crippen LogP contribution < -0.4 is 20.7 Å². The van der Waals surface area contributed by atoms with Gasteiger partial charge in [0.2, 0.25) is 15.9 Å². The summed E-state index contributed by atoms with van der Waals surface area (Å²) >= 11 is 6.41. The molecule has 3 N–H and O–H groups in total. The molecule has 6 rings (SSSR count). The van der Waals surface area contributed by atoms with E-state index in [4.69, 9.17) is 22.1 Å². The highest BCUT2D eigenvalue weighted by Crippen LogP contribution is 2.35. The number of nitrogens with zero attached hydrogens (tertiary/aromatic N) is 5. The Morgan fingerprint density at radius 1 is 1.04 bits per heavy atom. The summed E-state index contributed by atoms with van der Waals surface area (Å²) in [4.78, 5) is 28.1. The number of halogens is 1. The number of hydrogen-bond acceptors (Lipinski definition) is 8. The van der Waals surface area contributed by atoms with Crippen molar-refractivity contribution >= 4 is 50.3 Å². The zero-order chi connectivity index (χ0) is 31.9. The number of carbonyl (C=O) groups is 2. The van der Waals surface area contributed by atoms with E-state index in [1.807, 2.05) is 13.1 Å². The summed E-state index contributed by atoms with van der Waals surface area (Å²) in [6, 6.07) is 10.7. The number of ether oxygens (including phenoxy) is 1. The van der Waals surface area contributed by atoms with Crippen LogP contribution in [0.2, 0.25) is 5.02 Å². The Kier molecular flexibility index (Phi) is 9.08. The molecule has 4 heterocycles. The van der Waals surface area contributed by atoms with Gasteiger partial charge in [-0.05, 0) is 81.4 Å². The standard InChI is InChI=1S/C31H40ClN7O5S/c1-20(19-44-28-18-24(4-6-26(28)32)45(42,43)38-14-9-23(33)10-15-38)37-12-7-21(8-13-37)22-3-5-25-27(17-22)36(2)35-30(25)39-16-11-29(40)34-31(39)41/h3-6,17-18,20-21,23H,7-16,19,33H2,1-2H3,(H,34,40,41). The molecule has 3 aromatic rings. The molecule has 1 aromatic heterocycles. The molecule has 0 bridgehead atoms. The zero-order valence-electron chi connectivity index (χ0n) is 25.6. The summed E-state index contributed by atoms with van der Waals surface area (Å²) in [7, 11) is -1.78. The summed E-state index contributed by atoms with van der Waals surface area (Å²) in [5.41, 5.74) is 8.14. The maximum Gasteiger partial charge on any atom is 0.329 e. The van der Waals surface area contributed by atoms with Crippen LogP contribution in [0.5, 0.6) is 5.75 Å². The lowest BCUT2D eigenvalue weighted by Crippen LogP contribution is -2.49. The Labute approximate surface area is 268 Å². The fourth-order valence-corrected chi connectivity index (χ4v) is 8.14. The monoisotopic (exact) mass is 657 g/mol. The fourth-order valence-electron chi connectivity index (χ4n) is 6.48. The number of benzene rings is 2. The Morgan fingerprint density at radius 2 is 1.78 bits per heavy atom. The number of piperidine rings is 2. The molecule has 0 aliphatic carbocycles. The number of carbonyl (C=O) groups excluding carboxylic acids is 2. The number of amides is 3. The van der Waals surface area contributed by atoms with Crippen LogP contribution in [0.3, 0.4) is 0 Å². The minimum Gasteiger partial charge on any atom is -0.490 e. The van der Waals surface area contributed by atoms with E-state index in [1.54, 1.807) is 10.7 Å². The lowest BCUT2D eigenvalue weighted by atomic mass is 9.88. The van der Waals surface area contributed by atoms with Gasteiger partial charge in [0.1, 0.15) is 12.4 Å². The molecule has 2 aromatic carbocycles. The number of urea groups is 1. The average molecular weight is 658 g/mol. The maximum atomic E-state index is 13.2. The number of aromatic nitrogens is 2. The van der Waals surface area contributed by atoms with E-state index in [0.29, 0.717) is 61.6 Å². The van der Waals surface area contributed by atoms with Crippen LogP contribution in [-0.4, -0.2) is 90.8 Å². The van der Waals surface area contributed by atoms with E-state index in [0.717, 1.165) is 36.8 Å². The molecule has 3 fully saturated rings. The van der Waals surface area contributed by atoms with E-state index in [1.165, 1.54) is 26.9 Å². The highest BCUT2D eigenvalue weighted by atomic mass is 35.5. The topological polar surface area (TPSA) is 143 Å². The molecular formula is C31H40ClN7O5S. The van der Waals surface area contributed by atoms with Crippen LogP contribution in [0, 0.1) is 0 Å². The largest absolute Gasteiger partial charge is 0.490 e. The van der Waals surface area contributed by atoms with Crippen molar-refractivity contribution in [1.82, 2.24) is 24.3 Å². The number of nitrogens with two attached hydrogens (primary N) is 1. The summed E-state index contributed by atoms with van der Waals surface area (Å²) in [5, 5.41) is 8.23. The lowest BCUT2D eigenvalue weighted by Gasteiger charge is -2.36. The zero-order valence-corrected chi connectivity index (χ0v) is 27.2. The summed E-state index contributed by atoms with van der Waals surface area (Å²) in [6.45, 7) is 5.41. The molecular weight excluding hydrogens is 618 g/mol. The van der Waals surface area contributed by atoms with E-state index in [9.17, 15) is 18.0 Å². The van der Waals surface area contributed by atoms with E-state index in [2.05, 4.69) is 34.4 Å². The van der Waals surface area contributed by atoms with Crippen molar-refractivity contribution < 1.29 is 22.7 Å². The molecule has 0 saturated carbocycles. The molecule has 14 heteroatoms. The molecule has 12 nitrogen and oxygen atoms in total. The molecule has 45 heavy (non-hydrogen) atoms. The third-order valence-corrected chi connectivity index (χ3v) is 11.5. The van der Waals surface area contributed by atoms with Crippen LogP contribution in [-0.2, 0) is 21.9 Å². The van der Waals surface area contributed by atoms with Crippen molar-refractivity contribution in [2.45, 2.75) is 61.9 Å². The maximum absolute atomic E-state index is 13.2. The summed E-state index contributed by atoms with van der Waals surface area (Å²) in [5.74, 6) is 1.04. The number of aryl methyl sites for hydroxylation is 1. The number of likely N-dealkylation sites (tertiary alicyclic amines) is 1. The number of hydrogen-bond donors (Lipinski definition) is 2. The molecule has 3 amide bonds. The first-order chi connectivity index (χ1) is 21.5. The average Bonchev–Trinajstić information content (AvgIpc) is 3.35. The second-order valence-corrected chi connectivity index (χ2v) is 14.6. The van der Waals surface area contributed by atoms with Gasteiger partial charge in [-0.15, -0.1) is 0 Å². The lowest BCUT2D eigenvalue weighted by molar-refractivity contribution is -0.120. The van der Waals surface area contributed by atoms with Gasteiger partial charge < -0.3 is 10.5 Å². The SMILES string of the molecule is CC(COc1cc(S(=O)(=O)N2CCC(N)CC2)ccc1Cl)N1CCC(c2ccc3c(N4CCC(=O)NC4=O)nn(C)c3c2)CC1. The van der Waals surface area contributed by atoms with Gasteiger partial charge in [0, 0.05) is 56.6 Å². The van der Waals surface area contributed by atoms with Gasteiger partial charge in [-0.25, -0.2) is 13.2 Å². The minimum atomic E-state index is -3.65. The van der Waals surface area contributed by atoms with Crippen molar-refractivity contribution in [3.63, 3.8) is 0 Å². The number of fused-ring (bicyclic) bond motifs is 1. The summed E-state index contributed by atoms with van der Waals surface area (Å²) in [6.07, 6.45) is 3.49. The third kappa shape index (κ3) is 6.54. The van der Waals surface area contributed by atoms with Gasteiger partial charge in [-0.1, -0.05) is 17.7 Å². The van der Waals surface area contributed by atoms with Gasteiger partial charge >= 0.3 is 6.03 Å². The van der Waals surface area contributed by atoms with Crippen molar-refractivity contribution in [2.75, 3.05) is 44.2 Å². The molecule has 0 spiro atoms. The number of anilines is 1. The van der Waals surface area contributed by atoms with Crippen LogP contribution >= 0.6 is 11.6 Å². The second kappa shape index (κ2) is 12.9. The molecule has 3 aliphatic rings. The highest BCUT2D eigenvalue weighted by molar-refractivity contribution is 7.89. The van der Waals surface area contributed by atoms with Gasteiger partial charge in [0.25, 0.3) is 0 Å². The first-order valence-corrected chi connectivity index (χ1v) is 17.3. The van der Waals surface area contributed by atoms with Crippen LogP contribution in [0.15, 0.2) is 41.3 Å². The minimum absolute atomic E-state index is 0.0373. The Hall–Kier alpha value is -3.23. The van der Waals surface area contributed by atoms with Crippen molar-refractivity contribution in [1.29, 1.82) is 0 Å². The number of imide groups is 1. The quantitative estimate of drug-likeness (QED) is 0.375. The van der Waals surface area contributed by atoms with Crippen molar-refractivity contribution in [2.24, 2.45) is 12.8 Å². The Morgan fingerprint density at radius 3 is 2.49 bits per heavy atom. The van der Waals surface area contributed by atoms with Gasteiger partial charge in [-0.2, -0.15) is 9.40 Å². The number of rotatable bonds is 8. The first-order valence-electron chi connectivity index (χ1n) is 15.5. The van der Waals surface area contributed by atoms with Gasteiger partial charge in [-0.3, -0.25) is 24.6 Å². The van der Waals surface area contributed by atoms with E-state index in [-0.39, 0.29) is 29.3 Å². The fraction of sp³-hybridized carbons (Fsp3) is 0.516. The van der Waals surface area contributed by atoms with E-state index < -0.39 is 16.1 Å². The highest BCUT2D eigenvalue weighted by Gasteiger charge is 2.31. The van der Waals surface area contributed by atoms with Gasteiger partial charge in [0.15, 0.2) is 5.82 Å². The van der Waals surface area contributed by atoms with Crippen LogP contribution in [0.1, 0.15) is 50.5 Å². The molecule has 0 radical (unpaired) electrons. The summed E-state index contributed by atoms with van der Waals surface area (Å²) < 4.78 is 35.8. The molecule has 3 aliphatic heterocycles. The van der Waals surface area contributed by atoms with E-state index >= 15 is 0 Å². The van der Waals surface area contributed by atoms with Crippen LogP contribution in [0.25, 0.3) is 10.9 Å². The van der Waals surface area contributed by atoms with Crippen molar-refractivity contribution in [3.05, 3.63) is 47.0 Å². The molecule has 242 valence electrons. The van der Waals surface area contributed by atoms with Gasteiger partial charge in [0.05, 0.1) is 15.4 Å². The predicted octanol–water partition coefficient (Wildman–Crippen LogP) is 3.43. The number of sulfonamides is 1. The Balaban J connectivity index is 1.06. The third-order valence-electron chi connectivity index (χ3n) is 9.31. The normalized spacial score (nSPS) is 20.5. The molecule has 3 saturated heterocycles. The van der Waals surface area contributed by atoms with Crippen LogP contribution in [0.4, 0.5) is 10.6 Å². The second-order valence-electron chi connectivity index (χ2n) is 12.3. The number of nitrogens with one attached hydrogen (secondary N) is 1. The molecule has 1 unspecified atom stereocenters. The Bertz CT molecular complexity index is 1700. The smallest absolute Gasteiger partial charge is 0.329 e. The predicted molar refractivity (Wildman–Crippen MR) is 172 cm³/mol.